The fourth-order valence-corrected chi connectivity index (χ4v) is 2.81. The maximum absolute atomic E-state index is 12.8. The molecule has 13 heavy (non-hydrogen) atoms. The fourth-order valence-electron chi connectivity index (χ4n) is 2.81. The highest BCUT2D eigenvalue weighted by Crippen LogP contribution is 2.75. The number of rotatable bonds is 3. The van der Waals surface area contributed by atoms with Gasteiger partial charge < -0.3 is 0 Å². The Morgan fingerprint density at radius 1 is 1.00 bits per heavy atom. The van der Waals surface area contributed by atoms with E-state index in [1.807, 2.05) is 13.8 Å². The van der Waals surface area contributed by atoms with Crippen LogP contribution in [0.15, 0.2) is 0 Å². The highest BCUT2D eigenvalue weighted by molar-refractivity contribution is 5.15. The van der Waals surface area contributed by atoms with Crippen molar-refractivity contribution in [3.8, 4) is 0 Å². The summed E-state index contributed by atoms with van der Waals surface area (Å²) in [4.78, 5) is 0. The van der Waals surface area contributed by atoms with E-state index in [1.165, 1.54) is 0 Å². The van der Waals surface area contributed by atoms with Gasteiger partial charge in [0, 0.05) is 0 Å². The van der Waals surface area contributed by atoms with Crippen LogP contribution in [0.3, 0.4) is 0 Å². The molecule has 1 rings (SSSR count). The minimum atomic E-state index is -4.01. The minimum absolute atomic E-state index is 0.234. The lowest BCUT2D eigenvalue weighted by Crippen LogP contribution is -2.30. The predicted molar refractivity (Wildman–Crippen MR) is 46.4 cm³/mol. The van der Waals surface area contributed by atoms with Crippen molar-refractivity contribution < 1.29 is 13.2 Å². The van der Waals surface area contributed by atoms with E-state index in [9.17, 15) is 13.2 Å². The Labute approximate surface area is 77.5 Å². The molecule has 0 N–H and O–H groups in total. The maximum Gasteiger partial charge on any atom is 0.395 e. The van der Waals surface area contributed by atoms with E-state index in [-0.39, 0.29) is 6.42 Å². The normalized spacial score (nSPS) is 31.8. The van der Waals surface area contributed by atoms with Crippen LogP contribution in [0.5, 0.6) is 0 Å². The smallest absolute Gasteiger partial charge is 0.170 e. The van der Waals surface area contributed by atoms with Crippen molar-refractivity contribution in [2.24, 2.45) is 10.8 Å². The highest BCUT2D eigenvalue weighted by atomic mass is 19.4. The van der Waals surface area contributed by atoms with Crippen molar-refractivity contribution in [1.82, 2.24) is 0 Å². The van der Waals surface area contributed by atoms with E-state index in [1.54, 1.807) is 6.92 Å². The second-order valence-corrected chi connectivity index (χ2v) is 4.10. The van der Waals surface area contributed by atoms with Gasteiger partial charge in [-0.25, -0.2) is 0 Å². The molecule has 1 saturated carbocycles. The van der Waals surface area contributed by atoms with Crippen LogP contribution in [0.25, 0.3) is 0 Å². The summed E-state index contributed by atoms with van der Waals surface area (Å²) in [5, 5.41) is 0. The molecule has 0 aromatic rings. The van der Waals surface area contributed by atoms with Crippen molar-refractivity contribution in [3.05, 3.63) is 0 Å². The van der Waals surface area contributed by atoms with Crippen LogP contribution < -0.4 is 0 Å². The number of halogens is 3. The Kier molecular flexibility index (Phi) is 2.42. The zero-order valence-electron chi connectivity index (χ0n) is 8.46. The third kappa shape index (κ3) is 1.19. The summed E-state index contributed by atoms with van der Waals surface area (Å²) in [5.41, 5.74) is -1.80. The van der Waals surface area contributed by atoms with Crippen LogP contribution in [0.4, 0.5) is 13.2 Å². The summed E-state index contributed by atoms with van der Waals surface area (Å²) in [6.07, 6.45) is -2.13. The molecular formula is C10H17F3. The van der Waals surface area contributed by atoms with Crippen LogP contribution >= 0.6 is 0 Å². The molecule has 0 spiro atoms. The second-order valence-electron chi connectivity index (χ2n) is 4.10. The zero-order chi connectivity index (χ0) is 10.3. The zero-order valence-corrected chi connectivity index (χ0v) is 8.46. The van der Waals surface area contributed by atoms with Crippen molar-refractivity contribution in [3.63, 3.8) is 0 Å². The van der Waals surface area contributed by atoms with Gasteiger partial charge in [-0.3, -0.25) is 0 Å². The molecule has 1 aliphatic carbocycles. The number of hydrogen-bond donors (Lipinski definition) is 0. The Hall–Kier alpha value is -0.210. The largest absolute Gasteiger partial charge is 0.395 e. The van der Waals surface area contributed by atoms with E-state index in [2.05, 4.69) is 0 Å². The molecule has 0 aromatic heterocycles. The van der Waals surface area contributed by atoms with Gasteiger partial charge in [-0.05, 0) is 31.1 Å². The molecule has 0 aliphatic heterocycles. The van der Waals surface area contributed by atoms with Gasteiger partial charge in [-0.15, -0.1) is 0 Å². The van der Waals surface area contributed by atoms with Crippen molar-refractivity contribution in [2.75, 3.05) is 0 Å². The molecule has 78 valence electrons. The molecule has 1 aliphatic rings. The van der Waals surface area contributed by atoms with Gasteiger partial charge in [0.1, 0.15) is 0 Å². The SMILES string of the molecule is CCC1(CC)CC1(CC)C(F)(F)F. The van der Waals surface area contributed by atoms with Gasteiger partial charge >= 0.3 is 6.18 Å². The predicted octanol–water partition coefficient (Wildman–Crippen LogP) is 4.16. The van der Waals surface area contributed by atoms with Crippen LogP contribution in [-0.2, 0) is 0 Å². The first-order chi connectivity index (χ1) is 5.89. The van der Waals surface area contributed by atoms with Gasteiger partial charge in [0.2, 0.25) is 0 Å². The van der Waals surface area contributed by atoms with E-state index in [4.69, 9.17) is 0 Å². The first kappa shape index (κ1) is 10.9. The number of alkyl halides is 3. The number of hydrogen-bond acceptors (Lipinski definition) is 0. The minimum Gasteiger partial charge on any atom is -0.170 e. The van der Waals surface area contributed by atoms with E-state index in [0.29, 0.717) is 19.3 Å². The lowest BCUT2D eigenvalue weighted by molar-refractivity contribution is -0.200. The van der Waals surface area contributed by atoms with Crippen LogP contribution in [0, 0.1) is 10.8 Å². The molecular weight excluding hydrogens is 177 g/mol. The summed E-state index contributed by atoms with van der Waals surface area (Å²) >= 11 is 0. The summed E-state index contributed by atoms with van der Waals surface area (Å²) in [6.45, 7) is 5.39. The summed E-state index contributed by atoms with van der Waals surface area (Å²) in [6, 6.07) is 0. The first-order valence-electron chi connectivity index (χ1n) is 4.96. The van der Waals surface area contributed by atoms with E-state index < -0.39 is 17.0 Å². The third-order valence-corrected chi connectivity index (χ3v) is 4.03. The Balaban J connectivity index is 2.90. The molecule has 1 unspecified atom stereocenters. The van der Waals surface area contributed by atoms with E-state index >= 15 is 0 Å². The molecule has 0 saturated heterocycles. The topological polar surface area (TPSA) is 0 Å². The van der Waals surface area contributed by atoms with Gasteiger partial charge in [-0.2, -0.15) is 13.2 Å². The van der Waals surface area contributed by atoms with Crippen LogP contribution in [-0.4, -0.2) is 6.18 Å². The fraction of sp³-hybridized carbons (Fsp3) is 1.00. The molecule has 1 fully saturated rings. The molecule has 0 bridgehead atoms. The first-order valence-corrected chi connectivity index (χ1v) is 4.96. The highest BCUT2D eigenvalue weighted by Gasteiger charge is 2.76. The molecule has 0 nitrogen and oxygen atoms in total. The molecule has 1 atom stereocenters. The second kappa shape index (κ2) is 2.89. The average Bonchev–Trinajstić information content (AvgIpc) is 2.74. The Morgan fingerprint density at radius 2 is 1.46 bits per heavy atom. The summed E-state index contributed by atoms with van der Waals surface area (Å²) in [5.74, 6) is 0. The summed E-state index contributed by atoms with van der Waals surface area (Å²) in [7, 11) is 0. The van der Waals surface area contributed by atoms with Gasteiger partial charge in [0.05, 0.1) is 5.41 Å². The Bertz CT molecular complexity index is 191. The standard InChI is InChI=1S/C10H17F3/c1-4-8(5-2)7-9(8,6-3)10(11,12)13/h4-7H2,1-3H3. The maximum atomic E-state index is 12.8. The quantitative estimate of drug-likeness (QED) is 0.633. The molecule has 0 aromatic carbocycles. The Morgan fingerprint density at radius 3 is 1.54 bits per heavy atom. The average molecular weight is 194 g/mol. The third-order valence-electron chi connectivity index (χ3n) is 4.03. The van der Waals surface area contributed by atoms with Crippen molar-refractivity contribution in [2.45, 2.75) is 52.6 Å². The molecule has 3 heteroatoms. The lowest BCUT2D eigenvalue weighted by atomic mass is 9.85. The van der Waals surface area contributed by atoms with Crippen LogP contribution in [0.1, 0.15) is 46.5 Å². The van der Waals surface area contributed by atoms with Gasteiger partial charge in [0.15, 0.2) is 0 Å². The van der Waals surface area contributed by atoms with Gasteiger partial charge in [-0.1, -0.05) is 20.8 Å². The van der Waals surface area contributed by atoms with Gasteiger partial charge in [0.25, 0.3) is 0 Å². The molecule has 0 radical (unpaired) electrons. The molecule has 0 amide bonds. The van der Waals surface area contributed by atoms with Crippen LogP contribution in [0.2, 0.25) is 0 Å². The molecule has 0 heterocycles. The summed E-state index contributed by atoms with van der Waals surface area (Å²) < 4.78 is 38.3. The van der Waals surface area contributed by atoms with E-state index in [0.717, 1.165) is 0 Å². The van der Waals surface area contributed by atoms with Crippen molar-refractivity contribution >= 4 is 0 Å². The lowest BCUT2D eigenvalue weighted by Gasteiger charge is -2.25. The monoisotopic (exact) mass is 194 g/mol. The van der Waals surface area contributed by atoms with Crippen molar-refractivity contribution in [1.29, 1.82) is 0 Å².